The lowest BCUT2D eigenvalue weighted by Gasteiger charge is -2.40. The number of nitrogens with zero attached hydrogens (tertiary/aromatic N) is 1. The number of aromatic nitrogens is 1. The number of hydrogen-bond donors (Lipinski definition) is 1. The zero-order valence-corrected chi connectivity index (χ0v) is 13.1. The van der Waals surface area contributed by atoms with Crippen molar-refractivity contribution < 1.29 is 14.3 Å². The highest BCUT2D eigenvalue weighted by Gasteiger charge is 2.33. The summed E-state index contributed by atoms with van der Waals surface area (Å²) in [7, 11) is 1.32. The van der Waals surface area contributed by atoms with Crippen LogP contribution >= 0.6 is 0 Å². The number of carbonyl (C=O) groups excluding carboxylic acids is 2. The van der Waals surface area contributed by atoms with Crippen LogP contribution in [0.2, 0.25) is 0 Å². The van der Waals surface area contributed by atoms with Gasteiger partial charge in [0.1, 0.15) is 5.69 Å². The molecule has 0 saturated carbocycles. The van der Waals surface area contributed by atoms with Crippen LogP contribution in [0.4, 0.5) is 0 Å². The first-order valence-electron chi connectivity index (χ1n) is 7.55. The Morgan fingerprint density at radius 2 is 2.24 bits per heavy atom. The number of H-pyrrole nitrogens is 1. The summed E-state index contributed by atoms with van der Waals surface area (Å²) >= 11 is 0. The second-order valence-corrected chi connectivity index (χ2v) is 6.18. The highest BCUT2D eigenvalue weighted by Crippen LogP contribution is 2.34. The van der Waals surface area contributed by atoms with Crippen LogP contribution in [0, 0.1) is 5.41 Å². The number of rotatable bonds is 4. The molecule has 21 heavy (non-hydrogen) atoms. The van der Waals surface area contributed by atoms with E-state index in [4.69, 9.17) is 0 Å². The van der Waals surface area contributed by atoms with Gasteiger partial charge >= 0.3 is 5.97 Å². The van der Waals surface area contributed by atoms with E-state index in [1.54, 1.807) is 12.3 Å². The van der Waals surface area contributed by atoms with Gasteiger partial charge in [0, 0.05) is 19.3 Å². The lowest BCUT2D eigenvalue weighted by atomic mass is 9.78. The lowest BCUT2D eigenvalue weighted by Crippen LogP contribution is -2.44. The van der Waals surface area contributed by atoms with Crippen LogP contribution in [0.3, 0.4) is 0 Å². The summed E-state index contributed by atoms with van der Waals surface area (Å²) in [5.74, 6) is -0.466. The van der Waals surface area contributed by atoms with Crippen molar-refractivity contribution >= 4 is 11.9 Å². The number of likely N-dealkylation sites (tertiary alicyclic amines) is 1. The monoisotopic (exact) mass is 292 g/mol. The van der Waals surface area contributed by atoms with Crippen molar-refractivity contribution in [2.24, 2.45) is 5.41 Å². The number of methoxy groups -OCH3 is 1. The Bertz CT molecular complexity index is 519. The van der Waals surface area contributed by atoms with E-state index in [0.29, 0.717) is 11.3 Å². The summed E-state index contributed by atoms with van der Waals surface area (Å²) in [5, 5.41) is 0. The van der Waals surface area contributed by atoms with Crippen LogP contribution in [0.1, 0.15) is 60.4 Å². The van der Waals surface area contributed by atoms with Gasteiger partial charge in [0.25, 0.3) is 5.91 Å². The molecule has 1 aliphatic rings. The van der Waals surface area contributed by atoms with Crippen molar-refractivity contribution in [1.82, 2.24) is 9.88 Å². The van der Waals surface area contributed by atoms with Gasteiger partial charge in [-0.15, -0.1) is 0 Å². The van der Waals surface area contributed by atoms with Crippen LogP contribution in [0.5, 0.6) is 0 Å². The third-order valence-electron chi connectivity index (χ3n) is 4.26. The molecule has 0 bridgehead atoms. The minimum atomic E-state index is -0.455. The number of piperidine rings is 1. The largest absolute Gasteiger partial charge is 0.464 e. The van der Waals surface area contributed by atoms with Gasteiger partial charge in [-0.05, 0) is 30.7 Å². The minimum Gasteiger partial charge on any atom is -0.464 e. The maximum absolute atomic E-state index is 12.6. The predicted molar refractivity (Wildman–Crippen MR) is 80.3 cm³/mol. The standard InChI is InChI=1S/C16H24N2O3/c1-4-6-16(2)7-5-8-18(11-16)14(19)12-9-13(17-10-12)15(20)21-3/h9-10,17H,4-8,11H2,1-3H3. The van der Waals surface area contributed by atoms with E-state index in [2.05, 4.69) is 23.6 Å². The molecule has 1 aliphatic heterocycles. The number of aromatic amines is 1. The molecule has 5 nitrogen and oxygen atoms in total. The van der Waals surface area contributed by atoms with Crippen LogP contribution < -0.4 is 0 Å². The second-order valence-electron chi connectivity index (χ2n) is 6.18. The molecular weight excluding hydrogens is 268 g/mol. The predicted octanol–water partition coefficient (Wildman–Crippen LogP) is 2.84. The van der Waals surface area contributed by atoms with Crippen molar-refractivity contribution in [2.75, 3.05) is 20.2 Å². The molecule has 0 radical (unpaired) electrons. The number of hydrogen-bond acceptors (Lipinski definition) is 3. The number of ether oxygens (including phenoxy) is 1. The zero-order valence-electron chi connectivity index (χ0n) is 13.1. The van der Waals surface area contributed by atoms with Crippen molar-refractivity contribution in [2.45, 2.75) is 39.5 Å². The first-order chi connectivity index (χ1) is 9.99. The third kappa shape index (κ3) is 3.46. The highest BCUT2D eigenvalue weighted by atomic mass is 16.5. The third-order valence-corrected chi connectivity index (χ3v) is 4.26. The average molecular weight is 292 g/mol. The molecule has 0 aromatic carbocycles. The number of esters is 1. The SMILES string of the molecule is CCCC1(C)CCCN(C(=O)c2c[nH]c(C(=O)OC)c2)C1. The molecule has 1 saturated heterocycles. The first kappa shape index (κ1) is 15.6. The van der Waals surface area contributed by atoms with Crippen molar-refractivity contribution in [1.29, 1.82) is 0 Å². The molecule has 1 unspecified atom stereocenters. The molecule has 0 spiro atoms. The van der Waals surface area contributed by atoms with E-state index < -0.39 is 5.97 Å². The summed E-state index contributed by atoms with van der Waals surface area (Å²) in [5.41, 5.74) is 1.05. The van der Waals surface area contributed by atoms with E-state index in [9.17, 15) is 9.59 Å². The zero-order chi connectivity index (χ0) is 15.5. The van der Waals surface area contributed by atoms with Crippen molar-refractivity contribution in [3.05, 3.63) is 23.5 Å². The van der Waals surface area contributed by atoms with Crippen LogP contribution in [0.25, 0.3) is 0 Å². The van der Waals surface area contributed by atoms with E-state index in [-0.39, 0.29) is 11.3 Å². The Kier molecular flexibility index (Phi) is 4.70. The smallest absolute Gasteiger partial charge is 0.354 e. The summed E-state index contributed by atoms with van der Waals surface area (Å²) in [4.78, 5) is 28.7. The Morgan fingerprint density at radius 1 is 1.48 bits per heavy atom. The minimum absolute atomic E-state index is 0.0107. The summed E-state index contributed by atoms with van der Waals surface area (Å²) in [6, 6.07) is 1.57. The van der Waals surface area contributed by atoms with E-state index in [1.165, 1.54) is 13.5 Å². The fourth-order valence-corrected chi connectivity index (χ4v) is 3.22. The molecule has 0 aliphatic carbocycles. The van der Waals surface area contributed by atoms with Crippen LogP contribution in [-0.2, 0) is 4.74 Å². The average Bonchev–Trinajstić information content (AvgIpc) is 2.95. The molecule has 1 atom stereocenters. The number of carbonyl (C=O) groups is 2. The van der Waals surface area contributed by atoms with Crippen LogP contribution in [-0.4, -0.2) is 42.0 Å². The Hall–Kier alpha value is -1.78. The fourth-order valence-electron chi connectivity index (χ4n) is 3.22. The Labute approximate surface area is 125 Å². The summed E-state index contributed by atoms with van der Waals surface area (Å²) in [6.07, 6.45) is 6.06. The van der Waals surface area contributed by atoms with Gasteiger partial charge in [-0.25, -0.2) is 4.79 Å². The molecule has 116 valence electrons. The van der Waals surface area contributed by atoms with Gasteiger partial charge in [-0.1, -0.05) is 20.3 Å². The van der Waals surface area contributed by atoms with E-state index in [0.717, 1.165) is 32.4 Å². The maximum Gasteiger partial charge on any atom is 0.354 e. The maximum atomic E-state index is 12.6. The van der Waals surface area contributed by atoms with Crippen molar-refractivity contribution in [3.63, 3.8) is 0 Å². The van der Waals surface area contributed by atoms with Gasteiger partial charge < -0.3 is 14.6 Å². The molecule has 5 heteroatoms. The Balaban J connectivity index is 2.09. The topological polar surface area (TPSA) is 62.4 Å². The molecule has 1 N–H and O–H groups in total. The Morgan fingerprint density at radius 3 is 2.90 bits per heavy atom. The number of amides is 1. The van der Waals surface area contributed by atoms with Crippen molar-refractivity contribution in [3.8, 4) is 0 Å². The van der Waals surface area contributed by atoms with Gasteiger partial charge in [-0.2, -0.15) is 0 Å². The quantitative estimate of drug-likeness (QED) is 0.868. The lowest BCUT2D eigenvalue weighted by molar-refractivity contribution is 0.0530. The first-order valence-corrected chi connectivity index (χ1v) is 7.55. The molecule has 2 rings (SSSR count). The van der Waals surface area contributed by atoms with Gasteiger partial charge in [0.15, 0.2) is 0 Å². The van der Waals surface area contributed by atoms with Gasteiger partial charge in [-0.3, -0.25) is 4.79 Å². The van der Waals surface area contributed by atoms with Gasteiger partial charge in [0.2, 0.25) is 0 Å². The summed E-state index contributed by atoms with van der Waals surface area (Å²) in [6.45, 7) is 6.02. The molecule has 1 amide bonds. The fraction of sp³-hybridized carbons (Fsp3) is 0.625. The normalized spacial score (nSPS) is 22.1. The molecule has 1 aromatic rings. The van der Waals surface area contributed by atoms with Gasteiger partial charge in [0.05, 0.1) is 12.7 Å². The summed E-state index contributed by atoms with van der Waals surface area (Å²) < 4.78 is 4.64. The molecular formula is C16H24N2O3. The molecule has 1 fully saturated rings. The highest BCUT2D eigenvalue weighted by molar-refractivity contribution is 5.97. The molecule has 2 heterocycles. The second kappa shape index (κ2) is 6.33. The number of nitrogens with one attached hydrogen (secondary N) is 1. The van der Waals surface area contributed by atoms with E-state index in [1.807, 2.05) is 4.90 Å². The van der Waals surface area contributed by atoms with Crippen LogP contribution in [0.15, 0.2) is 12.3 Å². The molecule has 1 aromatic heterocycles. The van der Waals surface area contributed by atoms with E-state index >= 15 is 0 Å².